The molecule has 2 N–H and O–H groups in total. The van der Waals surface area contributed by atoms with E-state index in [1.165, 1.54) is 24.6 Å². The van der Waals surface area contributed by atoms with Gasteiger partial charge in [0.15, 0.2) is 0 Å². The Balaban J connectivity index is 1.89. The first-order chi connectivity index (χ1) is 11.7. The van der Waals surface area contributed by atoms with Crippen LogP contribution in [-0.2, 0) is 0 Å². The maximum atomic E-state index is 12.2. The molecule has 0 spiro atoms. The second-order valence-electron chi connectivity index (χ2n) is 5.62. The molecule has 0 atom stereocenters. The smallest absolute Gasteiger partial charge is 0.251 e. The van der Waals surface area contributed by atoms with Gasteiger partial charge in [-0.25, -0.2) is 0 Å². The van der Waals surface area contributed by atoms with E-state index in [4.69, 9.17) is 10.5 Å². The van der Waals surface area contributed by atoms with Crippen LogP contribution in [0.3, 0.4) is 0 Å². The first-order valence-corrected chi connectivity index (χ1v) is 8.06. The van der Waals surface area contributed by atoms with E-state index in [9.17, 15) is 4.79 Å². The number of amides is 1. The molecule has 1 aromatic rings. The highest BCUT2D eigenvalue weighted by Crippen LogP contribution is 2.19. The number of hydrogen-bond acceptors (Lipinski definition) is 4. The molecular weight excluding hydrogens is 300 g/mol. The van der Waals surface area contributed by atoms with E-state index in [0.717, 1.165) is 19.3 Å². The second kappa shape index (κ2) is 9.17. The number of rotatable bonds is 6. The number of carbonyl (C=O) groups excluding carboxylic acids is 1. The lowest BCUT2D eigenvalue weighted by atomic mass is 9.97. The number of nitriles is 2. The van der Waals surface area contributed by atoms with Crippen molar-refractivity contribution in [2.75, 3.05) is 11.9 Å². The number of allylic oxidation sites excluding steroid dienone is 2. The highest BCUT2D eigenvalue weighted by molar-refractivity contribution is 5.95. The van der Waals surface area contributed by atoms with Crippen LogP contribution in [0, 0.1) is 22.7 Å². The molecule has 2 rings (SSSR count). The van der Waals surface area contributed by atoms with E-state index in [-0.39, 0.29) is 11.5 Å². The molecule has 1 aliphatic rings. The normalized spacial score (nSPS) is 13.0. The fourth-order valence-corrected chi connectivity index (χ4v) is 2.57. The van der Waals surface area contributed by atoms with Gasteiger partial charge in [-0.15, -0.1) is 0 Å². The van der Waals surface area contributed by atoms with E-state index in [1.807, 2.05) is 0 Å². The molecule has 0 aliphatic heterocycles. The van der Waals surface area contributed by atoms with E-state index in [1.54, 1.807) is 36.4 Å². The number of anilines is 1. The minimum Gasteiger partial charge on any atom is -0.360 e. The van der Waals surface area contributed by atoms with Gasteiger partial charge in [0.2, 0.25) is 0 Å². The van der Waals surface area contributed by atoms with Gasteiger partial charge in [0, 0.05) is 24.0 Å². The molecule has 0 radical (unpaired) electrons. The van der Waals surface area contributed by atoms with Crippen molar-refractivity contribution in [3.63, 3.8) is 0 Å². The Bertz CT molecular complexity index is 718. The minimum absolute atomic E-state index is 0.0226. The maximum Gasteiger partial charge on any atom is 0.251 e. The average molecular weight is 320 g/mol. The minimum atomic E-state index is -0.125. The summed E-state index contributed by atoms with van der Waals surface area (Å²) >= 11 is 0. The van der Waals surface area contributed by atoms with Crippen LogP contribution in [0.15, 0.2) is 47.7 Å². The van der Waals surface area contributed by atoms with Gasteiger partial charge in [0.1, 0.15) is 17.7 Å². The number of carbonyl (C=O) groups is 1. The Morgan fingerprint density at radius 2 is 2.08 bits per heavy atom. The van der Waals surface area contributed by atoms with Gasteiger partial charge in [-0.05, 0) is 50.3 Å². The average Bonchev–Trinajstić information content (AvgIpc) is 2.63. The Hall–Kier alpha value is -3.05. The van der Waals surface area contributed by atoms with Crippen molar-refractivity contribution in [1.29, 1.82) is 10.5 Å². The van der Waals surface area contributed by atoms with Crippen molar-refractivity contribution in [2.24, 2.45) is 0 Å². The summed E-state index contributed by atoms with van der Waals surface area (Å²) in [5, 5.41) is 23.2. The standard InChI is InChI=1S/C19H20N4O/c20-12-16(13-21)14-23-18-8-4-7-17(11-18)19(24)22-10-9-15-5-2-1-3-6-15/h4-5,7-8,11,14,23H,1-3,6,9-10H2,(H,22,24). The first kappa shape index (κ1) is 17.3. The van der Waals surface area contributed by atoms with Gasteiger partial charge in [0.05, 0.1) is 0 Å². The molecule has 0 fully saturated rings. The van der Waals surface area contributed by atoms with E-state index in [0.29, 0.717) is 17.8 Å². The van der Waals surface area contributed by atoms with E-state index < -0.39 is 0 Å². The van der Waals surface area contributed by atoms with Crippen molar-refractivity contribution >= 4 is 11.6 Å². The number of hydrogen-bond donors (Lipinski definition) is 2. The monoisotopic (exact) mass is 320 g/mol. The van der Waals surface area contributed by atoms with Crippen molar-refractivity contribution < 1.29 is 4.79 Å². The molecular formula is C19H20N4O. The third kappa shape index (κ3) is 5.30. The zero-order chi connectivity index (χ0) is 17.2. The summed E-state index contributed by atoms with van der Waals surface area (Å²) < 4.78 is 0. The number of nitrogens with one attached hydrogen (secondary N) is 2. The Morgan fingerprint density at radius 1 is 1.25 bits per heavy atom. The van der Waals surface area contributed by atoms with E-state index >= 15 is 0 Å². The van der Waals surface area contributed by atoms with Gasteiger partial charge < -0.3 is 10.6 Å². The van der Waals surface area contributed by atoms with Crippen LogP contribution in [0.4, 0.5) is 5.69 Å². The predicted molar refractivity (Wildman–Crippen MR) is 92.9 cm³/mol. The van der Waals surface area contributed by atoms with Crippen LogP contribution in [0.2, 0.25) is 0 Å². The lowest BCUT2D eigenvalue weighted by Gasteiger charge is -2.13. The first-order valence-electron chi connectivity index (χ1n) is 8.06. The van der Waals surface area contributed by atoms with Gasteiger partial charge >= 0.3 is 0 Å². The molecule has 1 aromatic carbocycles. The summed E-state index contributed by atoms with van der Waals surface area (Å²) in [6.07, 6.45) is 9.32. The molecule has 0 saturated heterocycles. The highest BCUT2D eigenvalue weighted by atomic mass is 16.1. The summed E-state index contributed by atoms with van der Waals surface area (Å²) in [5.74, 6) is -0.125. The molecule has 0 unspecified atom stereocenters. The van der Waals surface area contributed by atoms with Crippen LogP contribution in [0.1, 0.15) is 42.5 Å². The highest BCUT2D eigenvalue weighted by Gasteiger charge is 2.07. The fraction of sp³-hybridized carbons (Fsp3) is 0.316. The van der Waals surface area contributed by atoms with Gasteiger partial charge in [-0.2, -0.15) is 10.5 Å². The quantitative estimate of drug-likeness (QED) is 0.618. The molecule has 24 heavy (non-hydrogen) atoms. The van der Waals surface area contributed by atoms with Crippen LogP contribution in [0.5, 0.6) is 0 Å². The van der Waals surface area contributed by atoms with Crippen LogP contribution in [0.25, 0.3) is 0 Å². The number of nitrogens with zero attached hydrogens (tertiary/aromatic N) is 2. The zero-order valence-electron chi connectivity index (χ0n) is 13.5. The zero-order valence-corrected chi connectivity index (χ0v) is 13.5. The van der Waals surface area contributed by atoms with Crippen molar-refractivity contribution in [3.05, 3.63) is 53.3 Å². The molecule has 5 nitrogen and oxygen atoms in total. The lowest BCUT2D eigenvalue weighted by molar-refractivity contribution is 0.0954. The number of benzene rings is 1. The Morgan fingerprint density at radius 3 is 2.79 bits per heavy atom. The topological polar surface area (TPSA) is 88.7 Å². The Kier molecular flexibility index (Phi) is 6.61. The SMILES string of the molecule is N#CC(C#N)=CNc1cccc(C(=O)NCCC2=CCCCC2)c1. The maximum absolute atomic E-state index is 12.2. The van der Waals surface area contributed by atoms with Gasteiger partial charge in [-0.3, -0.25) is 4.79 Å². The van der Waals surface area contributed by atoms with Crippen LogP contribution in [-0.4, -0.2) is 12.5 Å². The molecule has 5 heteroatoms. The van der Waals surface area contributed by atoms with Crippen molar-refractivity contribution in [3.8, 4) is 12.1 Å². The molecule has 1 aliphatic carbocycles. The van der Waals surface area contributed by atoms with Crippen LogP contribution < -0.4 is 10.6 Å². The third-order valence-corrected chi connectivity index (χ3v) is 3.87. The lowest BCUT2D eigenvalue weighted by Crippen LogP contribution is -2.24. The Labute approximate surface area is 142 Å². The van der Waals surface area contributed by atoms with Gasteiger partial charge in [-0.1, -0.05) is 17.7 Å². The molecule has 0 aromatic heterocycles. The second-order valence-corrected chi connectivity index (χ2v) is 5.62. The summed E-state index contributed by atoms with van der Waals surface area (Å²) in [6.45, 7) is 0.634. The predicted octanol–water partition coefficient (Wildman–Crippen LogP) is 3.65. The summed E-state index contributed by atoms with van der Waals surface area (Å²) in [6, 6.07) is 10.5. The van der Waals surface area contributed by atoms with E-state index in [2.05, 4.69) is 16.7 Å². The molecule has 0 bridgehead atoms. The largest absolute Gasteiger partial charge is 0.360 e. The molecule has 0 heterocycles. The van der Waals surface area contributed by atoms with Gasteiger partial charge in [0.25, 0.3) is 5.91 Å². The summed E-state index contributed by atoms with van der Waals surface area (Å²) in [7, 11) is 0. The summed E-state index contributed by atoms with van der Waals surface area (Å²) in [5.41, 5.74) is 2.61. The van der Waals surface area contributed by atoms with Crippen LogP contribution >= 0.6 is 0 Å². The third-order valence-electron chi connectivity index (χ3n) is 3.87. The molecule has 1 amide bonds. The van der Waals surface area contributed by atoms with Crippen molar-refractivity contribution in [1.82, 2.24) is 5.32 Å². The summed E-state index contributed by atoms with van der Waals surface area (Å²) in [4.78, 5) is 12.2. The molecule has 0 saturated carbocycles. The fourth-order valence-electron chi connectivity index (χ4n) is 2.57. The molecule has 122 valence electrons. The van der Waals surface area contributed by atoms with Crippen molar-refractivity contribution in [2.45, 2.75) is 32.1 Å².